The quantitative estimate of drug-likeness (QED) is 0.506. The van der Waals surface area contributed by atoms with Gasteiger partial charge in [-0.2, -0.15) is 0 Å². The van der Waals surface area contributed by atoms with Crippen LogP contribution in [0.5, 0.6) is 11.5 Å². The summed E-state index contributed by atoms with van der Waals surface area (Å²) in [5, 5.41) is 14.3. The van der Waals surface area contributed by atoms with Gasteiger partial charge in [-0.15, -0.1) is 0 Å². The Morgan fingerprint density at radius 2 is 1.96 bits per heavy atom. The Bertz CT molecular complexity index is 968. The lowest BCUT2D eigenvalue weighted by molar-refractivity contribution is -0.384. The molecule has 8 heteroatoms. The Morgan fingerprint density at radius 1 is 1.19 bits per heavy atom. The Balaban J connectivity index is 1.83. The van der Waals surface area contributed by atoms with E-state index in [-0.39, 0.29) is 5.69 Å². The second-order valence-corrected chi connectivity index (χ2v) is 5.84. The number of imidazole rings is 1. The van der Waals surface area contributed by atoms with Gasteiger partial charge < -0.3 is 19.4 Å². The first kappa shape index (κ1) is 18.2. The van der Waals surface area contributed by atoms with Crippen LogP contribution in [0.15, 0.2) is 48.7 Å². The van der Waals surface area contributed by atoms with Gasteiger partial charge in [0, 0.05) is 36.9 Å². The van der Waals surface area contributed by atoms with E-state index in [0.29, 0.717) is 24.0 Å². The van der Waals surface area contributed by atoms with Crippen molar-refractivity contribution in [2.24, 2.45) is 7.05 Å². The standard InChI is InChI=1S/C19H20N4O4/c1-22-16(13-6-4-8-15(10-13)23(24)25)12-21-19(22)20-11-14-7-5-9-17(26-2)18(14)27-3/h4-10,12H,11H2,1-3H3,(H,20,21). The van der Waals surface area contributed by atoms with E-state index < -0.39 is 4.92 Å². The predicted octanol–water partition coefficient (Wildman–Crippen LogP) is 3.62. The summed E-state index contributed by atoms with van der Waals surface area (Å²) in [5.74, 6) is 1.97. The summed E-state index contributed by atoms with van der Waals surface area (Å²) in [4.78, 5) is 15.0. The molecule has 0 radical (unpaired) electrons. The molecule has 1 N–H and O–H groups in total. The number of benzene rings is 2. The smallest absolute Gasteiger partial charge is 0.270 e. The van der Waals surface area contributed by atoms with Crippen molar-refractivity contribution >= 4 is 11.6 Å². The number of aromatic nitrogens is 2. The maximum atomic E-state index is 11.0. The van der Waals surface area contributed by atoms with Gasteiger partial charge in [0.2, 0.25) is 5.95 Å². The van der Waals surface area contributed by atoms with Crippen molar-refractivity contribution in [3.63, 3.8) is 0 Å². The Kier molecular flexibility index (Phi) is 5.25. The van der Waals surface area contributed by atoms with Gasteiger partial charge in [-0.05, 0) is 6.07 Å². The molecule has 0 aliphatic carbocycles. The molecule has 3 aromatic rings. The number of methoxy groups -OCH3 is 2. The van der Waals surface area contributed by atoms with E-state index in [1.807, 2.05) is 35.9 Å². The van der Waals surface area contributed by atoms with Crippen molar-refractivity contribution in [2.45, 2.75) is 6.54 Å². The fourth-order valence-electron chi connectivity index (χ4n) is 2.89. The third kappa shape index (κ3) is 3.69. The van der Waals surface area contributed by atoms with Crippen molar-refractivity contribution in [1.29, 1.82) is 0 Å². The molecular weight excluding hydrogens is 348 g/mol. The number of ether oxygens (including phenoxy) is 2. The van der Waals surface area contributed by atoms with Gasteiger partial charge in [0.25, 0.3) is 5.69 Å². The van der Waals surface area contributed by atoms with Crippen molar-refractivity contribution in [3.05, 3.63) is 64.3 Å². The molecule has 140 valence electrons. The van der Waals surface area contributed by atoms with Crippen LogP contribution in [0, 0.1) is 10.1 Å². The molecule has 0 spiro atoms. The normalized spacial score (nSPS) is 10.5. The second-order valence-electron chi connectivity index (χ2n) is 5.84. The van der Waals surface area contributed by atoms with Crippen LogP contribution < -0.4 is 14.8 Å². The van der Waals surface area contributed by atoms with E-state index in [1.54, 1.807) is 26.5 Å². The predicted molar refractivity (Wildman–Crippen MR) is 102 cm³/mol. The van der Waals surface area contributed by atoms with Gasteiger partial charge in [0.05, 0.1) is 31.0 Å². The van der Waals surface area contributed by atoms with E-state index in [1.165, 1.54) is 12.1 Å². The summed E-state index contributed by atoms with van der Waals surface area (Å²) in [7, 11) is 5.05. The van der Waals surface area contributed by atoms with Crippen LogP contribution in [-0.4, -0.2) is 28.7 Å². The van der Waals surface area contributed by atoms with E-state index >= 15 is 0 Å². The van der Waals surface area contributed by atoms with Crippen LogP contribution in [0.1, 0.15) is 5.56 Å². The van der Waals surface area contributed by atoms with Gasteiger partial charge in [-0.1, -0.05) is 24.3 Å². The molecule has 1 aromatic heterocycles. The lowest BCUT2D eigenvalue weighted by atomic mass is 10.1. The second kappa shape index (κ2) is 7.77. The zero-order chi connectivity index (χ0) is 19.4. The number of nitrogens with one attached hydrogen (secondary N) is 1. The number of para-hydroxylation sites is 1. The molecular formula is C19H20N4O4. The third-order valence-electron chi connectivity index (χ3n) is 4.26. The first-order valence-electron chi connectivity index (χ1n) is 8.25. The maximum Gasteiger partial charge on any atom is 0.270 e. The summed E-state index contributed by atoms with van der Waals surface area (Å²) >= 11 is 0. The largest absolute Gasteiger partial charge is 0.493 e. The van der Waals surface area contributed by atoms with E-state index in [0.717, 1.165) is 16.8 Å². The molecule has 0 atom stereocenters. The molecule has 0 amide bonds. The van der Waals surface area contributed by atoms with Crippen LogP contribution in [0.4, 0.5) is 11.6 Å². The maximum absolute atomic E-state index is 11.0. The summed E-state index contributed by atoms with van der Waals surface area (Å²) < 4.78 is 12.6. The number of nitro benzene ring substituents is 1. The monoisotopic (exact) mass is 368 g/mol. The van der Waals surface area contributed by atoms with Crippen molar-refractivity contribution in [3.8, 4) is 22.8 Å². The number of anilines is 1. The van der Waals surface area contributed by atoms with Gasteiger partial charge in [0.15, 0.2) is 11.5 Å². The van der Waals surface area contributed by atoms with Gasteiger partial charge in [-0.25, -0.2) is 4.98 Å². The molecule has 27 heavy (non-hydrogen) atoms. The number of hydrogen-bond donors (Lipinski definition) is 1. The molecule has 0 bridgehead atoms. The van der Waals surface area contributed by atoms with Crippen LogP contribution >= 0.6 is 0 Å². The zero-order valence-corrected chi connectivity index (χ0v) is 15.3. The molecule has 0 aliphatic rings. The van der Waals surface area contributed by atoms with Gasteiger partial charge >= 0.3 is 0 Å². The molecule has 2 aromatic carbocycles. The Morgan fingerprint density at radius 3 is 2.67 bits per heavy atom. The topological polar surface area (TPSA) is 91.5 Å². The highest BCUT2D eigenvalue weighted by Gasteiger charge is 2.14. The summed E-state index contributed by atoms with van der Waals surface area (Å²) in [6, 6.07) is 12.2. The van der Waals surface area contributed by atoms with Crippen molar-refractivity contribution < 1.29 is 14.4 Å². The number of rotatable bonds is 7. The molecule has 0 aliphatic heterocycles. The van der Waals surface area contributed by atoms with Gasteiger partial charge in [0.1, 0.15) is 0 Å². The molecule has 0 saturated carbocycles. The zero-order valence-electron chi connectivity index (χ0n) is 15.3. The SMILES string of the molecule is COc1cccc(CNc2ncc(-c3cccc([N+](=O)[O-])c3)n2C)c1OC. The number of hydrogen-bond acceptors (Lipinski definition) is 6. The average Bonchev–Trinajstić information content (AvgIpc) is 3.06. The van der Waals surface area contributed by atoms with E-state index in [9.17, 15) is 10.1 Å². The highest BCUT2D eigenvalue weighted by atomic mass is 16.6. The van der Waals surface area contributed by atoms with Crippen LogP contribution in [-0.2, 0) is 13.6 Å². The van der Waals surface area contributed by atoms with Crippen molar-refractivity contribution in [2.75, 3.05) is 19.5 Å². The minimum absolute atomic E-state index is 0.0457. The fourth-order valence-corrected chi connectivity index (χ4v) is 2.89. The van der Waals surface area contributed by atoms with Crippen LogP contribution in [0.3, 0.4) is 0 Å². The first-order chi connectivity index (χ1) is 13.0. The van der Waals surface area contributed by atoms with Crippen LogP contribution in [0.25, 0.3) is 11.3 Å². The van der Waals surface area contributed by atoms with Crippen LogP contribution in [0.2, 0.25) is 0 Å². The highest BCUT2D eigenvalue weighted by molar-refractivity contribution is 5.64. The molecule has 0 fully saturated rings. The molecule has 3 rings (SSSR count). The van der Waals surface area contributed by atoms with Crippen molar-refractivity contribution in [1.82, 2.24) is 9.55 Å². The highest BCUT2D eigenvalue weighted by Crippen LogP contribution is 2.31. The summed E-state index contributed by atoms with van der Waals surface area (Å²) in [6.07, 6.45) is 1.68. The minimum atomic E-state index is -0.409. The average molecular weight is 368 g/mol. The summed E-state index contributed by atoms with van der Waals surface area (Å²) in [5.41, 5.74) is 2.48. The van der Waals surface area contributed by atoms with E-state index in [2.05, 4.69) is 10.3 Å². The molecule has 8 nitrogen and oxygen atoms in total. The summed E-state index contributed by atoms with van der Waals surface area (Å²) in [6.45, 7) is 0.486. The molecule has 0 saturated heterocycles. The number of nitro groups is 1. The Hall–Kier alpha value is -3.55. The van der Waals surface area contributed by atoms with E-state index in [4.69, 9.17) is 9.47 Å². The lowest BCUT2D eigenvalue weighted by Gasteiger charge is -2.14. The minimum Gasteiger partial charge on any atom is -0.493 e. The lowest BCUT2D eigenvalue weighted by Crippen LogP contribution is -2.07. The van der Waals surface area contributed by atoms with Gasteiger partial charge in [-0.3, -0.25) is 10.1 Å². The first-order valence-corrected chi connectivity index (χ1v) is 8.25. The fraction of sp³-hybridized carbons (Fsp3) is 0.211. The molecule has 1 heterocycles. The number of non-ortho nitro benzene ring substituents is 1. The Labute approximate surface area is 156 Å². The third-order valence-corrected chi connectivity index (χ3v) is 4.26. The number of nitrogens with zero attached hydrogens (tertiary/aromatic N) is 3. The molecule has 0 unspecified atom stereocenters.